The monoisotopic (exact) mass is 307 g/mol. The number of ether oxygens (including phenoxy) is 1. The Kier molecular flexibility index (Phi) is 7.81. The van der Waals surface area contributed by atoms with Gasteiger partial charge in [-0.25, -0.2) is 4.79 Å². The summed E-state index contributed by atoms with van der Waals surface area (Å²) < 4.78 is 5.65. The summed E-state index contributed by atoms with van der Waals surface area (Å²) in [6, 6.07) is 6.19. The summed E-state index contributed by atoms with van der Waals surface area (Å²) in [5.74, 6) is 0.405. The predicted molar refractivity (Wildman–Crippen MR) is 87.1 cm³/mol. The molecule has 0 radical (unpaired) electrons. The van der Waals surface area contributed by atoms with E-state index in [4.69, 9.17) is 4.74 Å². The molecule has 1 rings (SSSR count). The molecule has 1 atom stereocenters. The number of nitrogens with one attached hydrogen (secondary N) is 3. The maximum atomic E-state index is 12.0. The molecule has 0 saturated carbocycles. The quantitative estimate of drug-likeness (QED) is 0.646. The molecule has 0 aliphatic heterocycles. The van der Waals surface area contributed by atoms with Gasteiger partial charge in [-0.2, -0.15) is 0 Å². The van der Waals surface area contributed by atoms with Gasteiger partial charge in [0, 0.05) is 6.54 Å². The van der Waals surface area contributed by atoms with Crippen molar-refractivity contribution < 1.29 is 14.3 Å². The second-order valence-electron chi connectivity index (χ2n) is 4.91. The lowest BCUT2D eigenvalue weighted by molar-refractivity contribution is -0.122. The highest BCUT2D eigenvalue weighted by Gasteiger charge is 2.15. The van der Waals surface area contributed by atoms with Gasteiger partial charge in [0.15, 0.2) is 0 Å². The van der Waals surface area contributed by atoms with Gasteiger partial charge in [-0.1, -0.05) is 25.5 Å². The number of hydrogen-bond donors (Lipinski definition) is 3. The first-order chi connectivity index (χ1) is 10.6. The van der Waals surface area contributed by atoms with Gasteiger partial charge in [0.2, 0.25) is 5.91 Å². The smallest absolute Gasteiger partial charge is 0.319 e. The number of para-hydroxylation sites is 2. The molecule has 0 aliphatic carbocycles. The molecule has 0 heterocycles. The Balaban J connectivity index is 2.58. The van der Waals surface area contributed by atoms with Gasteiger partial charge < -0.3 is 20.7 Å². The van der Waals surface area contributed by atoms with Crippen LogP contribution in [0.5, 0.6) is 5.75 Å². The average Bonchev–Trinajstić information content (AvgIpc) is 2.49. The van der Waals surface area contributed by atoms with Crippen LogP contribution < -0.4 is 20.7 Å². The van der Waals surface area contributed by atoms with Crippen molar-refractivity contribution in [3.8, 4) is 5.75 Å². The molecule has 1 aromatic carbocycles. The predicted octanol–water partition coefficient (Wildman–Crippen LogP) is 2.51. The first-order valence-electron chi connectivity index (χ1n) is 7.65. The van der Waals surface area contributed by atoms with Crippen LogP contribution in [0.1, 0.15) is 33.6 Å². The van der Waals surface area contributed by atoms with E-state index in [1.165, 1.54) is 0 Å². The van der Waals surface area contributed by atoms with Crippen molar-refractivity contribution >= 4 is 17.6 Å². The number of likely N-dealkylation sites (N-methyl/N-ethyl adjacent to an activating group) is 1. The molecular weight excluding hydrogens is 282 g/mol. The maximum absolute atomic E-state index is 12.0. The van der Waals surface area contributed by atoms with E-state index >= 15 is 0 Å². The highest BCUT2D eigenvalue weighted by Crippen LogP contribution is 2.23. The summed E-state index contributed by atoms with van der Waals surface area (Å²) in [7, 11) is 0. The molecule has 6 nitrogen and oxygen atoms in total. The van der Waals surface area contributed by atoms with Crippen LogP contribution >= 0.6 is 0 Å². The summed E-state index contributed by atoms with van der Waals surface area (Å²) in [4.78, 5) is 23.5. The minimum absolute atomic E-state index is 0.217. The Morgan fingerprint density at radius 1 is 1.23 bits per heavy atom. The maximum Gasteiger partial charge on any atom is 0.319 e. The van der Waals surface area contributed by atoms with Gasteiger partial charge in [-0.05, 0) is 32.4 Å². The highest BCUT2D eigenvalue weighted by atomic mass is 16.5. The van der Waals surface area contributed by atoms with Gasteiger partial charge in [0.05, 0.1) is 12.3 Å². The molecule has 0 aliphatic rings. The molecule has 0 unspecified atom stereocenters. The van der Waals surface area contributed by atoms with Crippen LogP contribution in [0.25, 0.3) is 0 Å². The molecule has 22 heavy (non-hydrogen) atoms. The third-order valence-electron chi connectivity index (χ3n) is 2.98. The van der Waals surface area contributed by atoms with Crippen LogP contribution in [0, 0.1) is 0 Å². The third kappa shape index (κ3) is 6.03. The Labute approximate surface area is 131 Å². The third-order valence-corrected chi connectivity index (χ3v) is 2.98. The van der Waals surface area contributed by atoms with Crippen LogP contribution in [0.3, 0.4) is 0 Å². The van der Waals surface area contributed by atoms with Crippen LogP contribution in [0.15, 0.2) is 24.3 Å². The van der Waals surface area contributed by atoms with Crippen molar-refractivity contribution in [2.24, 2.45) is 0 Å². The largest absolute Gasteiger partial charge is 0.491 e. The Morgan fingerprint density at radius 3 is 2.64 bits per heavy atom. The number of urea groups is 1. The van der Waals surface area contributed by atoms with Gasteiger partial charge in [0.25, 0.3) is 0 Å². The number of carbonyl (C=O) groups is 2. The first-order valence-corrected chi connectivity index (χ1v) is 7.65. The standard InChI is InChI=1S/C16H25N3O3/c1-4-6-11-22-14-10-8-7-9-13(14)19-16(21)18-12(3)15(20)17-5-2/h7-10,12H,4-6,11H2,1-3H3,(H,17,20)(H2,18,19,21)/t12-/m1/s1. The zero-order valence-electron chi connectivity index (χ0n) is 13.4. The summed E-state index contributed by atoms with van der Waals surface area (Å²) in [5, 5.41) is 7.95. The second kappa shape index (κ2) is 9.65. The van der Waals surface area contributed by atoms with E-state index < -0.39 is 12.1 Å². The number of anilines is 1. The Morgan fingerprint density at radius 2 is 1.95 bits per heavy atom. The molecule has 3 N–H and O–H groups in total. The highest BCUT2D eigenvalue weighted by molar-refractivity contribution is 5.94. The summed E-state index contributed by atoms with van der Waals surface area (Å²) in [6.07, 6.45) is 1.99. The van der Waals surface area contributed by atoms with E-state index in [0.717, 1.165) is 12.8 Å². The number of amides is 3. The lowest BCUT2D eigenvalue weighted by Crippen LogP contribution is -2.46. The van der Waals surface area contributed by atoms with E-state index in [1.54, 1.807) is 19.1 Å². The zero-order valence-corrected chi connectivity index (χ0v) is 13.4. The fourth-order valence-corrected chi connectivity index (χ4v) is 1.77. The molecule has 122 valence electrons. The van der Waals surface area contributed by atoms with Crippen LogP contribution in [0.2, 0.25) is 0 Å². The zero-order chi connectivity index (χ0) is 16.4. The van der Waals surface area contributed by atoms with Crippen molar-refractivity contribution in [2.45, 2.75) is 39.7 Å². The minimum atomic E-state index is -0.604. The average molecular weight is 307 g/mol. The van der Waals surface area contributed by atoms with Crippen LogP contribution in [-0.4, -0.2) is 31.1 Å². The van der Waals surface area contributed by atoms with E-state index in [9.17, 15) is 9.59 Å². The summed E-state index contributed by atoms with van der Waals surface area (Å²) >= 11 is 0. The van der Waals surface area contributed by atoms with E-state index in [-0.39, 0.29) is 5.91 Å². The molecule has 0 spiro atoms. The molecule has 0 saturated heterocycles. The van der Waals surface area contributed by atoms with Gasteiger partial charge in [-0.3, -0.25) is 4.79 Å². The van der Waals surface area contributed by atoms with Gasteiger partial charge in [0.1, 0.15) is 11.8 Å². The van der Waals surface area contributed by atoms with E-state index in [2.05, 4.69) is 22.9 Å². The van der Waals surface area contributed by atoms with Crippen molar-refractivity contribution in [1.82, 2.24) is 10.6 Å². The fraction of sp³-hybridized carbons (Fsp3) is 0.500. The topological polar surface area (TPSA) is 79.5 Å². The number of unbranched alkanes of at least 4 members (excludes halogenated alkanes) is 1. The van der Waals surface area contributed by atoms with E-state index in [0.29, 0.717) is 24.6 Å². The number of carbonyl (C=O) groups excluding carboxylic acids is 2. The van der Waals surface area contributed by atoms with Crippen molar-refractivity contribution in [2.75, 3.05) is 18.5 Å². The molecule has 3 amide bonds. The van der Waals surface area contributed by atoms with E-state index in [1.807, 2.05) is 19.1 Å². The normalized spacial score (nSPS) is 11.4. The second-order valence-corrected chi connectivity index (χ2v) is 4.91. The molecule has 0 bridgehead atoms. The Bertz CT molecular complexity index is 491. The summed E-state index contributed by atoms with van der Waals surface area (Å²) in [6.45, 7) is 6.68. The lowest BCUT2D eigenvalue weighted by Gasteiger charge is -2.16. The Hall–Kier alpha value is -2.24. The van der Waals surface area contributed by atoms with Crippen molar-refractivity contribution in [3.05, 3.63) is 24.3 Å². The molecule has 1 aromatic rings. The summed E-state index contributed by atoms with van der Waals surface area (Å²) in [5.41, 5.74) is 0.583. The SMILES string of the molecule is CCCCOc1ccccc1NC(=O)N[C@H](C)C(=O)NCC. The number of rotatable bonds is 8. The number of benzene rings is 1. The van der Waals surface area contributed by atoms with Crippen molar-refractivity contribution in [1.29, 1.82) is 0 Å². The number of hydrogen-bond acceptors (Lipinski definition) is 3. The van der Waals surface area contributed by atoms with Crippen LogP contribution in [0.4, 0.5) is 10.5 Å². The van der Waals surface area contributed by atoms with Gasteiger partial charge >= 0.3 is 6.03 Å². The lowest BCUT2D eigenvalue weighted by atomic mass is 10.3. The molecular formula is C16H25N3O3. The first kappa shape index (κ1) is 17.8. The minimum Gasteiger partial charge on any atom is -0.491 e. The molecule has 6 heteroatoms. The van der Waals surface area contributed by atoms with Crippen LogP contribution in [-0.2, 0) is 4.79 Å². The fourth-order valence-electron chi connectivity index (χ4n) is 1.77. The van der Waals surface area contributed by atoms with Gasteiger partial charge in [-0.15, -0.1) is 0 Å². The molecule has 0 fully saturated rings. The van der Waals surface area contributed by atoms with Crippen molar-refractivity contribution in [3.63, 3.8) is 0 Å². The molecule has 0 aromatic heterocycles.